The van der Waals surface area contributed by atoms with Gasteiger partial charge in [-0.15, -0.1) is 0 Å². The highest BCUT2D eigenvalue weighted by molar-refractivity contribution is 7.86. The fourth-order valence-corrected chi connectivity index (χ4v) is 7.00. The van der Waals surface area contributed by atoms with Gasteiger partial charge < -0.3 is 31.5 Å². The van der Waals surface area contributed by atoms with Gasteiger partial charge in [0.2, 0.25) is 0 Å². The van der Waals surface area contributed by atoms with Crippen molar-refractivity contribution in [3.63, 3.8) is 0 Å². The van der Waals surface area contributed by atoms with E-state index >= 15 is 0 Å². The van der Waals surface area contributed by atoms with Crippen molar-refractivity contribution < 1.29 is 55.3 Å². The summed E-state index contributed by atoms with van der Waals surface area (Å²) in [4.78, 5) is 50.3. The number of amides is 4. The van der Waals surface area contributed by atoms with E-state index < -0.39 is 65.2 Å². The monoisotopic (exact) mass is 798 g/mol. The molecule has 0 atom stereocenters. The molecule has 56 heavy (non-hydrogen) atoms. The summed E-state index contributed by atoms with van der Waals surface area (Å²) in [6.07, 6.45) is 0. The van der Waals surface area contributed by atoms with Gasteiger partial charge in [-0.05, 0) is 121 Å². The third kappa shape index (κ3) is 8.12. The summed E-state index contributed by atoms with van der Waals surface area (Å²) in [5.41, 5.74) is 2.49. The van der Waals surface area contributed by atoms with Gasteiger partial charge in [0.1, 0.15) is 21.3 Å². The van der Waals surface area contributed by atoms with Gasteiger partial charge >= 0.3 is 11.8 Å². The number of phenols is 2. The van der Waals surface area contributed by atoms with E-state index in [0.717, 1.165) is 12.1 Å². The fourth-order valence-electron chi connectivity index (χ4n) is 5.81. The van der Waals surface area contributed by atoms with E-state index in [1.54, 1.807) is 13.8 Å². The lowest BCUT2D eigenvalue weighted by Crippen LogP contribution is -2.29. The molecule has 0 saturated heterocycles. The molecular weight excluding hydrogens is 769 g/mol. The lowest BCUT2D eigenvalue weighted by Gasteiger charge is -2.13. The summed E-state index contributed by atoms with van der Waals surface area (Å²) in [6.45, 7) is 3.23. The van der Waals surface area contributed by atoms with Crippen LogP contribution in [0.5, 0.6) is 11.5 Å². The third-order valence-electron chi connectivity index (χ3n) is 8.66. The Morgan fingerprint density at radius 2 is 0.857 bits per heavy atom. The number of aromatic hydroxyl groups is 2. The number of hydrogen-bond donors (Lipinski definition) is 8. The van der Waals surface area contributed by atoms with Crippen LogP contribution in [0.1, 0.15) is 31.8 Å². The van der Waals surface area contributed by atoms with Crippen LogP contribution in [-0.2, 0) is 29.8 Å². The lowest BCUT2D eigenvalue weighted by atomic mass is 10.1. The maximum atomic E-state index is 13.0. The van der Waals surface area contributed by atoms with Crippen molar-refractivity contribution in [3.8, 4) is 11.5 Å². The minimum Gasteiger partial charge on any atom is -0.506 e. The van der Waals surface area contributed by atoms with E-state index in [-0.39, 0.29) is 33.3 Å². The maximum absolute atomic E-state index is 13.0. The summed E-state index contributed by atoms with van der Waals surface area (Å²) in [7, 11) is -9.29. The Balaban J connectivity index is 1.06. The van der Waals surface area contributed by atoms with Crippen molar-refractivity contribution in [2.24, 2.45) is 0 Å². The van der Waals surface area contributed by atoms with Crippen LogP contribution in [0.4, 0.5) is 22.7 Å². The van der Waals surface area contributed by atoms with Crippen LogP contribution < -0.4 is 21.3 Å². The number of carbonyl (C=O) groups excluding carboxylic acids is 4. The van der Waals surface area contributed by atoms with Gasteiger partial charge in [0, 0.05) is 44.6 Å². The number of hydrogen-bond acceptors (Lipinski definition) is 10. The van der Waals surface area contributed by atoms with Gasteiger partial charge in [0.05, 0.1) is 0 Å². The first-order chi connectivity index (χ1) is 26.3. The molecule has 0 aliphatic carbocycles. The number of anilines is 4. The summed E-state index contributed by atoms with van der Waals surface area (Å²) < 4.78 is 64.6. The van der Waals surface area contributed by atoms with Crippen LogP contribution in [-0.4, -0.2) is 59.8 Å². The minimum atomic E-state index is -4.65. The quantitative estimate of drug-likeness (QED) is 0.0691. The number of rotatable bonds is 8. The SMILES string of the molecule is Cc1cc(C(=O)Nc2ccc3c(O)c(S(=O)(=O)O)ccc3c2)ccc1NC(=O)C(=O)Nc1ccc(C(=O)Nc2ccc3c(O)c(S(=O)(=O)O)ccc3c2)cc1C. The molecule has 0 aromatic heterocycles. The predicted molar refractivity (Wildman–Crippen MR) is 206 cm³/mol. The van der Waals surface area contributed by atoms with Gasteiger partial charge in [0.15, 0.2) is 0 Å². The summed E-state index contributed by atoms with van der Waals surface area (Å²) >= 11 is 0. The molecule has 6 aromatic carbocycles. The van der Waals surface area contributed by atoms with E-state index in [4.69, 9.17) is 0 Å². The third-order valence-corrected chi connectivity index (χ3v) is 10.4. The van der Waals surface area contributed by atoms with E-state index in [2.05, 4.69) is 21.3 Å². The van der Waals surface area contributed by atoms with Gasteiger partial charge in [0.25, 0.3) is 32.1 Å². The van der Waals surface area contributed by atoms with Gasteiger partial charge in [-0.3, -0.25) is 28.3 Å². The number of benzene rings is 6. The highest BCUT2D eigenvalue weighted by Crippen LogP contribution is 2.35. The molecule has 286 valence electrons. The average molecular weight is 799 g/mol. The smallest absolute Gasteiger partial charge is 0.314 e. The summed E-state index contributed by atoms with van der Waals surface area (Å²) in [5, 5.41) is 32.0. The van der Waals surface area contributed by atoms with E-state index in [1.807, 2.05) is 0 Å². The Labute approximate surface area is 318 Å². The molecule has 0 aliphatic rings. The van der Waals surface area contributed by atoms with Crippen LogP contribution in [0.2, 0.25) is 0 Å². The van der Waals surface area contributed by atoms with E-state index in [9.17, 15) is 55.3 Å². The molecule has 16 nitrogen and oxygen atoms in total. The minimum absolute atomic E-state index is 0.139. The second kappa shape index (κ2) is 14.8. The van der Waals surface area contributed by atoms with E-state index in [1.165, 1.54) is 84.9 Å². The largest absolute Gasteiger partial charge is 0.506 e. The van der Waals surface area contributed by atoms with Crippen LogP contribution in [0.3, 0.4) is 0 Å². The average Bonchev–Trinajstić information content (AvgIpc) is 3.12. The molecule has 0 radical (unpaired) electrons. The van der Waals surface area contributed by atoms with Crippen molar-refractivity contribution >= 4 is 88.2 Å². The van der Waals surface area contributed by atoms with E-state index in [0.29, 0.717) is 33.3 Å². The van der Waals surface area contributed by atoms with Crippen LogP contribution >= 0.6 is 0 Å². The van der Waals surface area contributed by atoms with Gasteiger partial charge in [-0.2, -0.15) is 16.8 Å². The number of carbonyl (C=O) groups is 4. The number of nitrogens with one attached hydrogen (secondary N) is 4. The molecule has 18 heteroatoms. The first kappa shape index (κ1) is 38.9. The van der Waals surface area contributed by atoms with Crippen molar-refractivity contribution in [1.82, 2.24) is 0 Å². The highest BCUT2D eigenvalue weighted by atomic mass is 32.2. The second-order valence-electron chi connectivity index (χ2n) is 12.5. The zero-order chi connectivity index (χ0) is 40.7. The van der Waals surface area contributed by atoms with Crippen molar-refractivity contribution in [2.75, 3.05) is 21.3 Å². The Hall–Kier alpha value is -6.86. The van der Waals surface area contributed by atoms with Crippen molar-refractivity contribution in [2.45, 2.75) is 23.6 Å². The van der Waals surface area contributed by atoms with Gasteiger partial charge in [-0.25, -0.2) is 0 Å². The zero-order valence-corrected chi connectivity index (χ0v) is 30.7. The van der Waals surface area contributed by atoms with Gasteiger partial charge in [-0.1, -0.05) is 12.1 Å². The topological polar surface area (TPSA) is 266 Å². The lowest BCUT2D eigenvalue weighted by molar-refractivity contribution is -0.133. The first-order valence-corrected chi connectivity index (χ1v) is 19.1. The maximum Gasteiger partial charge on any atom is 0.314 e. The number of aryl methyl sites for hydroxylation is 2. The van der Waals surface area contributed by atoms with Crippen molar-refractivity contribution in [3.05, 3.63) is 119 Å². The Kier molecular flexibility index (Phi) is 10.2. The molecule has 0 aliphatic heterocycles. The molecule has 6 rings (SSSR count). The molecule has 4 amide bonds. The zero-order valence-electron chi connectivity index (χ0n) is 29.1. The normalized spacial score (nSPS) is 11.6. The second-order valence-corrected chi connectivity index (χ2v) is 15.3. The first-order valence-electron chi connectivity index (χ1n) is 16.2. The molecule has 0 fully saturated rings. The standard InChI is InChI=1S/C38H30N4O12S2/c1-19-15-23(35(45)39-25-7-9-27-21(17-25)5-13-31(33(27)43)55(49,50)51)3-11-29(19)41-37(47)38(48)42-30-12-4-24(16-20(30)2)36(46)40-26-8-10-28-22(18-26)6-14-32(34(28)44)56(52,53)54/h3-18,43-44H,1-2H3,(H,39,45)(H,40,46)(H,41,47)(H,42,48)(H,49,50,51)(H,52,53,54). The molecule has 0 saturated carbocycles. The molecule has 0 bridgehead atoms. The molecule has 0 spiro atoms. The highest BCUT2D eigenvalue weighted by Gasteiger charge is 2.21. The Morgan fingerprint density at radius 1 is 0.482 bits per heavy atom. The molecule has 0 unspecified atom stereocenters. The molecule has 0 heterocycles. The summed E-state index contributed by atoms with van der Waals surface area (Å²) in [5.74, 6) is -4.32. The Bertz CT molecular complexity index is 2700. The molecular formula is C38H30N4O12S2. The fraction of sp³-hybridized carbons (Fsp3) is 0.0526. The summed E-state index contributed by atoms with van der Waals surface area (Å²) in [6, 6.07) is 22.2. The predicted octanol–water partition coefficient (Wildman–Crippen LogP) is 5.60. The molecule has 6 aromatic rings. The number of phenolic OH excluding ortho intramolecular Hbond substituents is 2. The number of fused-ring (bicyclic) bond motifs is 2. The Morgan fingerprint density at radius 3 is 1.20 bits per heavy atom. The molecule has 8 N–H and O–H groups in total. The van der Waals surface area contributed by atoms with Crippen LogP contribution in [0, 0.1) is 13.8 Å². The van der Waals surface area contributed by atoms with Crippen LogP contribution in [0.25, 0.3) is 21.5 Å². The van der Waals surface area contributed by atoms with Crippen molar-refractivity contribution in [1.29, 1.82) is 0 Å². The van der Waals surface area contributed by atoms with Crippen LogP contribution in [0.15, 0.2) is 107 Å².